The molecule has 3 saturated heterocycles. The molecule has 0 radical (unpaired) electrons. The summed E-state index contributed by atoms with van der Waals surface area (Å²) in [6, 6.07) is 4.64. The van der Waals surface area contributed by atoms with Crippen LogP contribution in [0.5, 0.6) is 5.75 Å². The fourth-order valence-electron chi connectivity index (χ4n) is 5.54. The lowest BCUT2D eigenvalue weighted by atomic mass is 9.91. The third kappa shape index (κ3) is 3.92. The van der Waals surface area contributed by atoms with Crippen LogP contribution >= 0.6 is 0 Å². The first-order valence-corrected chi connectivity index (χ1v) is 12.4. The van der Waals surface area contributed by atoms with Gasteiger partial charge in [-0.15, -0.1) is 0 Å². The molecular weight excluding hydrogens is 444 g/mol. The summed E-state index contributed by atoms with van der Waals surface area (Å²) in [5.41, 5.74) is 5.12. The van der Waals surface area contributed by atoms with Crippen LogP contribution in [0.25, 0.3) is 0 Å². The predicted molar refractivity (Wildman–Crippen MR) is 133 cm³/mol. The van der Waals surface area contributed by atoms with Crippen LogP contribution in [0.2, 0.25) is 0 Å². The first kappa shape index (κ1) is 22.3. The van der Waals surface area contributed by atoms with Gasteiger partial charge in [0.2, 0.25) is 5.91 Å². The van der Waals surface area contributed by atoms with Gasteiger partial charge < -0.3 is 24.6 Å². The number of nitrogens with zero attached hydrogens (tertiary/aromatic N) is 5. The van der Waals surface area contributed by atoms with Gasteiger partial charge in [-0.25, -0.2) is 4.98 Å². The third-order valence-corrected chi connectivity index (χ3v) is 7.63. The number of rotatable bonds is 4. The number of anilines is 3. The van der Waals surface area contributed by atoms with Crippen LogP contribution in [-0.2, 0) is 9.53 Å². The van der Waals surface area contributed by atoms with Crippen LogP contribution in [0.3, 0.4) is 0 Å². The number of nitrogens with one attached hydrogen (secondary N) is 1. The molecule has 184 valence electrons. The summed E-state index contributed by atoms with van der Waals surface area (Å²) in [4.78, 5) is 28.0. The summed E-state index contributed by atoms with van der Waals surface area (Å²) in [6.45, 7) is 14.3. The maximum atomic E-state index is 11.7. The molecule has 6 heterocycles. The van der Waals surface area contributed by atoms with E-state index in [-0.39, 0.29) is 12.0 Å². The van der Waals surface area contributed by atoms with Crippen molar-refractivity contribution in [1.29, 1.82) is 0 Å². The maximum Gasteiger partial charge on any atom is 0.246 e. The van der Waals surface area contributed by atoms with Gasteiger partial charge in [0, 0.05) is 68.8 Å². The predicted octanol–water partition coefficient (Wildman–Crippen LogP) is 2.61. The Bertz CT molecular complexity index is 1150. The van der Waals surface area contributed by atoms with Crippen molar-refractivity contribution in [3.8, 4) is 5.75 Å². The number of carbonyl (C=O) groups is 1. The molecule has 0 saturated carbocycles. The lowest BCUT2D eigenvalue weighted by Crippen LogP contribution is -2.65. The van der Waals surface area contributed by atoms with E-state index in [2.05, 4.69) is 45.7 Å². The quantitative estimate of drug-likeness (QED) is 0.675. The number of aromatic nitrogens is 2. The first-order valence-electron chi connectivity index (χ1n) is 12.4. The van der Waals surface area contributed by atoms with Crippen LogP contribution in [0.1, 0.15) is 35.9 Å². The fraction of sp³-hybridized carbons (Fsp3) is 0.500. The second-order valence-electron chi connectivity index (χ2n) is 9.84. The van der Waals surface area contributed by atoms with Gasteiger partial charge in [-0.2, -0.15) is 0 Å². The molecule has 4 aliphatic heterocycles. The zero-order valence-corrected chi connectivity index (χ0v) is 20.4. The summed E-state index contributed by atoms with van der Waals surface area (Å²) in [7, 11) is 0. The highest BCUT2D eigenvalue weighted by Gasteiger charge is 2.41. The molecule has 9 nitrogen and oxygen atoms in total. The molecule has 6 rings (SSSR count). The molecule has 9 heteroatoms. The average Bonchev–Trinajstić information content (AvgIpc) is 2.96. The Morgan fingerprint density at radius 1 is 1.23 bits per heavy atom. The molecule has 3 fully saturated rings. The second-order valence-corrected chi connectivity index (χ2v) is 9.84. The molecular formula is C26H32N6O3. The molecule has 0 aromatic carbocycles. The molecule has 1 unspecified atom stereocenters. The lowest BCUT2D eigenvalue weighted by Gasteiger charge is -2.51. The lowest BCUT2D eigenvalue weighted by molar-refractivity contribution is -0.134. The summed E-state index contributed by atoms with van der Waals surface area (Å²) < 4.78 is 12.0. The Morgan fingerprint density at radius 3 is 2.74 bits per heavy atom. The SMILES string of the molecule is C=CC(=O)N1CC(N2CC(c3cc4c(c(C)n3)OC(C)c3c(N5CCOCC5)ccnc3N4)C2)C1. The van der Waals surface area contributed by atoms with Gasteiger partial charge in [-0.05, 0) is 32.1 Å². The zero-order chi connectivity index (χ0) is 24.1. The summed E-state index contributed by atoms with van der Waals surface area (Å²) >= 11 is 0. The van der Waals surface area contributed by atoms with E-state index in [0.29, 0.717) is 12.0 Å². The number of fused-ring (bicyclic) bond motifs is 2. The van der Waals surface area contributed by atoms with E-state index in [1.54, 1.807) is 0 Å². The summed E-state index contributed by atoms with van der Waals surface area (Å²) in [6.07, 6.45) is 3.10. The van der Waals surface area contributed by atoms with Crippen LogP contribution < -0.4 is 15.0 Å². The number of ether oxygens (including phenoxy) is 2. The fourth-order valence-corrected chi connectivity index (χ4v) is 5.54. The minimum absolute atomic E-state index is 0.0207. The van der Waals surface area contributed by atoms with Gasteiger partial charge in [0.15, 0.2) is 5.75 Å². The maximum absolute atomic E-state index is 11.7. The number of aryl methyl sites for hydroxylation is 1. The van der Waals surface area contributed by atoms with Crippen molar-refractivity contribution in [2.75, 3.05) is 62.7 Å². The Balaban J connectivity index is 1.21. The highest BCUT2D eigenvalue weighted by Crippen LogP contribution is 2.44. The largest absolute Gasteiger partial charge is 0.482 e. The van der Waals surface area contributed by atoms with Gasteiger partial charge in [-0.1, -0.05) is 6.58 Å². The Morgan fingerprint density at radius 2 is 2.00 bits per heavy atom. The molecule has 0 spiro atoms. The van der Waals surface area contributed by atoms with Crippen molar-refractivity contribution in [2.45, 2.75) is 31.9 Å². The van der Waals surface area contributed by atoms with E-state index >= 15 is 0 Å². The van der Waals surface area contributed by atoms with E-state index < -0.39 is 0 Å². The van der Waals surface area contributed by atoms with Gasteiger partial charge in [0.1, 0.15) is 11.9 Å². The number of carbonyl (C=O) groups excluding carboxylic acids is 1. The number of morpholine rings is 1. The minimum Gasteiger partial charge on any atom is -0.482 e. The Hall–Kier alpha value is -3.17. The van der Waals surface area contributed by atoms with Crippen molar-refractivity contribution in [3.63, 3.8) is 0 Å². The number of likely N-dealkylation sites (tertiary alicyclic amines) is 2. The van der Waals surface area contributed by atoms with Gasteiger partial charge in [0.25, 0.3) is 0 Å². The van der Waals surface area contributed by atoms with E-state index in [4.69, 9.17) is 14.5 Å². The van der Waals surface area contributed by atoms with Crippen LogP contribution in [0.4, 0.5) is 17.2 Å². The number of pyridine rings is 2. The van der Waals surface area contributed by atoms with Gasteiger partial charge in [0.05, 0.1) is 30.2 Å². The normalized spacial score (nSPS) is 22.6. The Kier molecular flexibility index (Phi) is 5.61. The number of amides is 1. The van der Waals surface area contributed by atoms with E-state index in [1.165, 1.54) is 6.08 Å². The second kappa shape index (κ2) is 8.80. The molecule has 1 N–H and O–H groups in total. The Labute approximate surface area is 205 Å². The van der Waals surface area contributed by atoms with E-state index in [9.17, 15) is 4.79 Å². The smallest absolute Gasteiger partial charge is 0.246 e. The third-order valence-electron chi connectivity index (χ3n) is 7.63. The monoisotopic (exact) mass is 476 g/mol. The summed E-state index contributed by atoms with van der Waals surface area (Å²) in [5.74, 6) is 2.03. The summed E-state index contributed by atoms with van der Waals surface area (Å²) in [5, 5.41) is 3.58. The van der Waals surface area contributed by atoms with Crippen molar-refractivity contribution in [2.24, 2.45) is 0 Å². The van der Waals surface area contributed by atoms with Gasteiger partial charge >= 0.3 is 0 Å². The average molecular weight is 477 g/mol. The molecule has 1 atom stereocenters. The molecule has 0 aliphatic carbocycles. The van der Waals surface area contributed by atoms with Crippen molar-refractivity contribution < 1.29 is 14.3 Å². The number of hydrogen-bond acceptors (Lipinski definition) is 8. The van der Waals surface area contributed by atoms with Crippen LogP contribution in [0, 0.1) is 6.92 Å². The highest BCUT2D eigenvalue weighted by molar-refractivity contribution is 5.87. The molecule has 35 heavy (non-hydrogen) atoms. The van der Waals surface area contributed by atoms with Crippen molar-refractivity contribution in [1.82, 2.24) is 19.8 Å². The standard InChI is InChI=1S/C26H32N6O3/c1-4-23(33)32-14-19(15-32)31-12-18(13-31)20-11-21-25(16(2)28-20)35-17(3)24-22(5-6-27-26(24)29-21)30-7-9-34-10-8-30/h4-6,11,17-19H,1,7-10,12-15H2,2-3H3,(H,27,29). The minimum atomic E-state index is -0.157. The van der Waals surface area contributed by atoms with Crippen LogP contribution in [-0.4, -0.2) is 84.2 Å². The molecule has 1 amide bonds. The topological polar surface area (TPSA) is 83.1 Å². The number of hydrogen-bond donors (Lipinski definition) is 1. The van der Waals surface area contributed by atoms with Crippen molar-refractivity contribution in [3.05, 3.63) is 47.9 Å². The van der Waals surface area contributed by atoms with Gasteiger partial charge in [-0.3, -0.25) is 14.7 Å². The zero-order valence-electron chi connectivity index (χ0n) is 20.4. The molecule has 0 bridgehead atoms. The molecule has 2 aromatic heterocycles. The molecule has 2 aromatic rings. The molecule has 4 aliphatic rings. The highest BCUT2D eigenvalue weighted by atomic mass is 16.5. The van der Waals surface area contributed by atoms with Crippen molar-refractivity contribution >= 4 is 23.1 Å². The van der Waals surface area contributed by atoms with E-state index in [1.807, 2.05) is 18.0 Å². The first-order chi connectivity index (χ1) is 17.0. The van der Waals surface area contributed by atoms with Crippen LogP contribution in [0.15, 0.2) is 31.0 Å². The van der Waals surface area contributed by atoms with E-state index in [0.717, 1.165) is 92.4 Å².